The maximum atomic E-state index is 12.4. The molecule has 0 spiro atoms. The molecule has 2 atom stereocenters. The van der Waals surface area contributed by atoms with Crippen molar-refractivity contribution in [3.05, 3.63) is 23.8 Å². The van der Waals surface area contributed by atoms with Crippen molar-refractivity contribution >= 4 is 11.9 Å². The number of benzene rings is 1. The Bertz CT molecular complexity index is 616. The summed E-state index contributed by atoms with van der Waals surface area (Å²) >= 11 is 0. The minimum absolute atomic E-state index is 0.0488. The summed E-state index contributed by atoms with van der Waals surface area (Å²) in [6, 6.07) is 5.77. The second kappa shape index (κ2) is 8.74. The van der Waals surface area contributed by atoms with Gasteiger partial charge in [-0.05, 0) is 36.0 Å². The smallest absolute Gasteiger partial charge is 0.303 e. The first-order valence-electron chi connectivity index (χ1n) is 8.68. The lowest BCUT2D eigenvalue weighted by atomic mass is 9.81. The van der Waals surface area contributed by atoms with Gasteiger partial charge in [0.15, 0.2) is 11.5 Å². The Hall–Kier alpha value is -2.24. The maximum absolute atomic E-state index is 12.4. The van der Waals surface area contributed by atoms with Crippen molar-refractivity contribution in [3.63, 3.8) is 0 Å². The van der Waals surface area contributed by atoms with Crippen LogP contribution >= 0.6 is 0 Å². The number of carboxylic acids is 1. The van der Waals surface area contributed by atoms with Gasteiger partial charge in [-0.3, -0.25) is 9.59 Å². The van der Waals surface area contributed by atoms with Crippen molar-refractivity contribution in [3.8, 4) is 11.5 Å². The number of carboxylic acid groups (broad SMARTS) is 1. The second-order valence-corrected chi connectivity index (χ2v) is 6.51. The molecule has 0 unspecified atom stereocenters. The maximum Gasteiger partial charge on any atom is 0.303 e. The fourth-order valence-corrected chi connectivity index (χ4v) is 3.50. The van der Waals surface area contributed by atoms with Crippen molar-refractivity contribution in [2.75, 3.05) is 27.3 Å². The monoisotopic (exact) mass is 349 g/mol. The molecule has 1 aliphatic rings. The van der Waals surface area contributed by atoms with Gasteiger partial charge in [0.05, 0.1) is 14.2 Å². The zero-order chi connectivity index (χ0) is 18.4. The van der Waals surface area contributed by atoms with E-state index in [1.807, 2.05) is 23.1 Å². The van der Waals surface area contributed by atoms with Crippen LogP contribution in [0.1, 0.15) is 31.7 Å². The minimum Gasteiger partial charge on any atom is -0.493 e. The van der Waals surface area contributed by atoms with E-state index in [4.69, 9.17) is 14.6 Å². The highest BCUT2D eigenvalue weighted by molar-refractivity contribution is 5.78. The Labute approximate surface area is 148 Å². The van der Waals surface area contributed by atoms with Gasteiger partial charge in [-0.25, -0.2) is 0 Å². The number of likely N-dealkylation sites (tertiary alicyclic amines) is 1. The van der Waals surface area contributed by atoms with Crippen LogP contribution in [-0.4, -0.2) is 49.2 Å². The SMILES string of the molecule is CC[C@@H]1CN(CCc2ccc(OC)c(OC)c2)C(=O)C[C@@H]1CC(=O)O. The largest absolute Gasteiger partial charge is 0.493 e. The molecule has 1 N–H and O–H groups in total. The molecule has 6 heteroatoms. The molecule has 2 rings (SSSR count). The van der Waals surface area contributed by atoms with Gasteiger partial charge < -0.3 is 19.5 Å². The van der Waals surface area contributed by atoms with Crippen molar-refractivity contribution < 1.29 is 24.2 Å². The quantitative estimate of drug-likeness (QED) is 0.781. The van der Waals surface area contributed by atoms with Crippen LogP contribution < -0.4 is 9.47 Å². The predicted octanol–water partition coefficient (Wildman–Crippen LogP) is 2.60. The molecule has 1 aliphatic heterocycles. The zero-order valence-corrected chi connectivity index (χ0v) is 15.2. The zero-order valence-electron chi connectivity index (χ0n) is 15.2. The summed E-state index contributed by atoms with van der Waals surface area (Å²) < 4.78 is 10.6. The van der Waals surface area contributed by atoms with Crippen LogP contribution in [0.25, 0.3) is 0 Å². The van der Waals surface area contributed by atoms with Crippen molar-refractivity contribution in [1.82, 2.24) is 4.90 Å². The molecule has 138 valence electrons. The Morgan fingerprint density at radius 1 is 1.24 bits per heavy atom. The third kappa shape index (κ3) is 4.87. The molecule has 1 heterocycles. The Balaban J connectivity index is 1.99. The fraction of sp³-hybridized carbons (Fsp3) is 0.579. The molecule has 1 saturated heterocycles. The second-order valence-electron chi connectivity index (χ2n) is 6.51. The molecule has 0 aliphatic carbocycles. The van der Waals surface area contributed by atoms with Gasteiger partial charge in [0.25, 0.3) is 0 Å². The van der Waals surface area contributed by atoms with Crippen LogP contribution in [0.5, 0.6) is 11.5 Å². The summed E-state index contributed by atoms with van der Waals surface area (Å²) in [5.74, 6) is 0.791. The van der Waals surface area contributed by atoms with E-state index in [9.17, 15) is 9.59 Å². The third-order valence-corrected chi connectivity index (χ3v) is 4.99. The summed E-state index contributed by atoms with van der Waals surface area (Å²) in [5.41, 5.74) is 1.08. The fourth-order valence-electron chi connectivity index (χ4n) is 3.50. The molecular weight excluding hydrogens is 322 g/mol. The van der Waals surface area contributed by atoms with Gasteiger partial charge >= 0.3 is 5.97 Å². The van der Waals surface area contributed by atoms with Crippen LogP contribution in [0.3, 0.4) is 0 Å². The molecule has 1 fully saturated rings. The van der Waals surface area contributed by atoms with Gasteiger partial charge in [-0.15, -0.1) is 0 Å². The van der Waals surface area contributed by atoms with Gasteiger partial charge in [-0.2, -0.15) is 0 Å². The van der Waals surface area contributed by atoms with E-state index in [1.54, 1.807) is 14.2 Å². The number of methoxy groups -OCH3 is 2. The van der Waals surface area contributed by atoms with Crippen LogP contribution in [-0.2, 0) is 16.0 Å². The Kier molecular flexibility index (Phi) is 6.67. The van der Waals surface area contributed by atoms with E-state index in [0.717, 1.165) is 18.4 Å². The van der Waals surface area contributed by atoms with Crippen molar-refractivity contribution in [2.24, 2.45) is 11.8 Å². The average molecular weight is 349 g/mol. The molecule has 0 aromatic heterocycles. The molecule has 25 heavy (non-hydrogen) atoms. The highest BCUT2D eigenvalue weighted by Gasteiger charge is 2.34. The summed E-state index contributed by atoms with van der Waals surface area (Å²) in [7, 11) is 3.20. The summed E-state index contributed by atoms with van der Waals surface area (Å²) in [6.07, 6.45) is 2.02. The Morgan fingerprint density at radius 2 is 1.96 bits per heavy atom. The molecular formula is C19H27NO5. The highest BCUT2D eigenvalue weighted by Crippen LogP contribution is 2.31. The molecule has 0 radical (unpaired) electrons. The number of ether oxygens (including phenoxy) is 2. The first kappa shape index (κ1) is 19.1. The lowest BCUT2D eigenvalue weighted by molar-refractivity contribution is -0.142. The number of hydrogen-bond donors (Lipinski definition) is 1. The first-order valence-corrected chi connectivity index (χ1v) is 8.68. The van der Waals surface area contributed by atoms with Gasteiger partial charge in [0, 0.05) is 25.9 Å². The van der Waals surface area contributed by atoms with E-state index >= 15 is 0 Å². The van der Waals surface area contributed by atoms with E-state index in [0.29, 0.717) is 31.0 Å². The number of aliphatic carboxylic acids is 1. The van der Waals surface area contributed by atoms with E-state index in [2.05, 4.69) is 6.92 Å². The number of piperidine rings is 1. The average Bonchev–Trinajstić information content (AvgIpc) is 2.60. The highest BCUT2D eigenvalue weighted by atomic mass is 16.5. The van der Waals surface area contributed by atoms with Gasteiger partial charge in [0.2, 0.25) is 5.91 Å². The Morgan fingerprint density at radius 3 is 2.56 bits per heavy atom. The number of hydrogen-bond acceptors (Lipinski definition) is 4. The standard InChI is InChI=1S/C19H27NO5/c1-4-14-12-20(18(21)10-15(14)11-19(22)23)8-7-13-5-6-16(24-2)17(9-13)25-3/h5-6,9,14-15H,4,7-8,10-12H2,1-3H3,(H,22,23)/t14-,15-/m1/s1. The van der Waals surface area contributed by atoms with Crippen LogP contribution in [0.2, 0.25) is 0 Å². The number of amides is 1. The van der Waals surface area contributed by atoms with E-state index < -0.39 is 5.97 Å². The van der Waals surface area contributed by atoms with Gasteiger partial charge in [-0.1, -0.05) is 19.4 Å². The van der Waals surface area contributed by atoms with Crippen molar-refractivity contribution in [1.29, 1.82) is 0 Å². The van der Waals surface area contributed by atoms with Crippen LogP contribution in [0.15, 0.2) is 18.2 Å². The molecule has 1 amide bonds. The normalized spacial score (nSPS) is 20.4. The predicted molar refractivity (Wildman–Crippen MR) is 94.0 cm³/mol. The molecule has 6 nitrogen and oxygen atoms in total. The molecule has 0 saturated carbocycles. The van der Waals surface area contributed by atoms with Gasteiger partial charge in [0.1, 0.15) is 0 Å². The molecule has 1 aromatic rings. The summed E-state index contributed by atoms with van der Waals surface area (Å²) in [6.45, 7) is 3.33. The number of rotatable bonds is 8. The van der Waals surface area contributed by atoms with E-state index in [-0.39, 0.29) is 24.2 Å². The first-order chi connectivity index (χ1) is 12.0. The topological polar surface area (TPSA) is 76.1 Å². The summed E-state index contributed by atoms with van der Waals surface area (Å²) in [5, 5.41) is 9.03. The number of carbonyl (C=O) groups excluding carboxylic acids is 1. The summed E-state index contributed by atoms with van der Waals surface area (Å²) in [4.78, 5) is 25.2. The lowest BCUT2D eigenvalue weighted by Crippen LogP contribution is -2.45. The lowest BCUT2D eigenvalue weighted by Gasteiger charge is -2.37. The van der Waals surface area contributed by atoms with E-state index in [1.165, 1.54) is 0 Å². The molecule has 1 aromatic carbocycles. The van der Waals surface area contributed by atoms with Crippen LogP contribution in [0, 0.1) is 11.8 Å². The molecule has 0 bridgehead atoms. The number of nitrogens with zero attached hydrogens (tertiary/aromatic N) is 1. The third-order valence-electron chi connectivity index (χ3n) is 4.99. The minimum atomic E-state index is -0.824. The van der Waals surface area contributed by atoms with Crippen molar-refractivity contribution in [2.45, 2.75) is 32.6 Å². The number of carbonyl (C=O) groups is 2. The van der Waals surface area contributed by atoms with Crippen LogP contribution in [0.4, 0.5) is 0 Å².